The molecule has 1 aliphatic heterocycles. The second kappa shape index (κ2) is 8.94. The summed E-state index contributed by atoms with van der Waals surface area (Å²) in [5.41, 5.74) is 3.13. The van der Waals surface area contributed by atoms with Gasteiger partial charge in [-0.1, -0.05) is 48.0 Å². The van der Waals surface area contributed by atoms with E-state index in [1.807, 2.05) is 61.5 Å². The molecule has 2 heterocycles. The fourth-order valence-corrected chi connectivity index (χ4v) is 4.36. The van der Waals surface area contributed by atoms with Crippen molar-refractivity contribution in [1.29, 1.82) is 0 Å². The van der Waals surface area contributed by atoms with Crippen molar-refractivity contribution in [1.82, 2.24) is 4.90 Å². The highest BCUT2D eigenvalue weighted by Gasteiger charge is 2.34. The first kappa shape index (κ1) is 20.5. The van der Waals surface area contributed by atoms with Gasteiger partial charge in [-0.25, -0.2) is 0 Å². The quantitative estimate of drug-likeness (QED) is 0.409. The summed E-state index contributed by atoms with van der Waals surface area (Å²) in [6, 6.07) is 19.3. The molecule has 0 aliphatic carbocycles. The maximum Gasteiger partial charge on any atom is 0.293 e. The number of amides is 2. The average Bonchev–Trinajstić information content (AvgIpc) is 3.30. The Morgan fingerprint density at radius 2 is 1.87 bits per heavy atom. The summed E-state index contributed by atoms with van der Waals surface area (Å²) < 4.78 is 5.89. The molecule has 1 saturated heterocycles. The van der Waals surface area contributed by atoms with Gasteiger partial charge < -0.3 is 4.42 Å². The number of benzene rings is 2. The standard InChI is InChI=1S/C24H20ClNO3S/c1-16-9-10-18(25)14-20(16)21-12-11-19(29-21)15-22-23(27)26(24(28)30-22)13-5-8-17-6-3-2-4-7-17/h2-4,6-7,9-12,14-15H,5,8,13H2,1H3/b22-15+. The molecule has 4 nitrogen and oxygen atoms in total. The minimum atomic E-state index is -0.269. The second-order valence-corrected chi connectivity index (χ2v) is 8.51. The van der Waals surface area contributed by atoms with E-state index in [9.17, 15) is 9.59 Å². The second-order valence-electron chi connectivity index (χ2n) is 7.08. The zero-order chi connectivity index (χ0) is 21.1. The van der Waals surface area contributed by atoms with E-state index in [4.69, 9.17) is 16.0 Å². The van der Waals surface area contributed by atoms with Crippen molar-refractivity contribution in [3.63, 3.8) is 0 Å². The van der Waals surface area contributed by atoms with E-state index < -0.39 is 0 Å². The number of halogens is 1. The first-order valence-electron chi connectivity index (χ1n) is 9.67. The van der Waals surface area contributed by atoms with Gasteiger partial charge in [0.05, 0.1) is 4.91 Å². The molecule has 0 saturated carbocycles. The van der Waals surface area contributed by atoms with Gasteiger partial charge in [-0.2, -0.15) is 0 Å². The first-order chi connectivity index (χ1) is 14.5. The van der Waals surface area contributed by atoms with E-state index in [1.54, 1.807) is 12.1 Å². The van der Waals surface area contributed by atoms with Crippen LogP contribution in [0.2, 0.25) is 5.02 Å². The monoisotopic (exact) mass is 437 g/mol. The van der Waals surface area contributed by atoms with Crippen molar-refractivity contribution in [2.45, 2.75) is 19.8 Å². The van der Waals surface area contributed by atoms with Gasteiger partial charge in [0.2, 0.25) is 0 Å². The topological polar surface area (TPSA) is 50.5 Å². The van der Waals surface area contributed by atoms with Crippen LogP contribution in [-0.2, 0) is 11.2 Å². The number of aryl methyl sites for hydroxylation is 2. The molecule has 0 spiro atoms. The van der Waals surface area contributed by atoms with Gasteiger partial charge in [-0.15, -0.1) is 0 Å². The van der Waals surface area contributed by atoms with Crippen LogP contribution in [0.4, 0.5) is 4.79 Å². The Bertz CT molecular complexity index is 1120. The minimum absolute atomic E-state index is 0.239. The molecule has 152 valence electrons. The molecule has 0 atom stereocenters. The summed E-state index contributed by atoms with van der Waals surface area (Å²) in [4.78, 5) is 26.7. The van der Waals surface area contributed by atoms with Gasteiger partial charge >= 0.3 is 0 Å². The molecule has 2 aromatic carbocycles. The molecule has 30 heavy (non-hydrogen) atoms. The Kier molecular flexibility index (Phi) is 6.11. The molecule has 1 aromatic heterocycles. The normalized spacial score (nSPS) is 15.4. The van der Waals surface area contributed by atoms with Crippen LogP contribution in [0.15, 0.2) is 70.0 Å². The zero-order valence-corrected chi connectivity index (χ0v) is 18.0. The van der Waals surface area contributed by atoms with E-state index in [0.717, 1.165) is 35.7 Å². The smallest absolute Gasteiger partial charge is 0.293 e. The van der Waals surface area contributed by atoms with E-state index >= 15 is 0 Å². The van der Waals surface area contributed by atoms with Crippen LogP contribution in [0.1, 0.15) is 23.3 Å². The lowest BCUT2D eigenvalue weighted by molar-refractivity contribution is -0.122. The molecular weight excluding hydrogens is 418 g/mol. The summed E-state index contributed by atoms with van der Waals surface area (Å²) in [6.45, 7) is 2.39. The molecule has 0 unspecified atom stereocenters. The number of carbonyl (C=O) groups excluding carboxylic acids is 2. The number of hydrogen-bond donors (Lipinski definition) is 0. The molecule has 1 fully saturated rings. The van der Waals surface area contributed by atoms with E-state index in [0.29, 0.717) is 28.0 Å². The van der Waals surface area contributed by atoms with Crippen molar-refractivity contribution in [2.75, 3.05) is 6.54 Å². The summed E-state index contributed by atoms with van der Waals surface area (Å²) in [6.07, 6.45) is 3.18. The van der Waals surface area contributed by atoms with Gasteiger partial charge in [0.15, 0.2) is 0 Å². The van der Waals surface area contributed by atoms with Crippen molar-refractivity contribution in [3.8, 4) is 11.3 Å². The van der Waals surface area contributed by atoms with Gasteiger partial charge in [0, 0.05) is 23.2 Å². The lowest BCUT2D eigenvalue weighted by Gasteiger charge is -2.11. The Morgan fingerprint density at radius 3 is 2.67 bits per heavy atom. The van der Waals surface area contributed by atoms with Crippen LogP contribution in [0.3, 0.4) is 0 Å². The van der Waals surface area contributed by atoms with Crippen LogP contribution >= 0.6 is 23.4 Å². The lowest BCUT2D eigenvalue weighted by Crippen LogP contribution is -2.29. The average molecular weight is 438 g/mol. The maximum atomic E-state index is 12.7. The van der Waals surface area contributed by atoms with Crippen molar-refractivity contribution in [2.24, 2.45) is 0 Å². The van der Waals surface area contributed by atoms with E-state index in [-0.39, 0.29) is 11.1 Å². The summed E-state index contributed by atoms with van der Waals surface area (Å²) in [5, 5.41) is 0.391. The summed E-state index contributed by atoms with van der Waals surface area (Å²) in [7, 11) is 0. The largest absolute Gasteiger partial charge is 0.457 e. The fraction of sp³-hybridized carbons (Fsp3) is 0.167. The van der Waals surface area contributed by atoms with Crippen LogP contribution < -0.4 is 0 Å². The highest BCUT2D eigenvalue weighted by atomic mass is 35.5. The van der Waals surface area contributed by atoms with Crippen molar-refractivity contribution in [3.05, 3.63) is 87.5 Å². The molecule has 0 radical (unpaired) electrons. The number of carbonyl (C=O) groups is 2. The van der Waals surface area contributed by atoms with E-state index in [1.165, 1.54) is 10.5 Å². The molecule has 0 N–H and O–H groups in total. The highest BCUT2D eigenvalue weighted by molar-refractivity contribution is 8.18. The number of hydrogen-bond acceptors (Lipinski definition) is 4. The SMILES string of the molecule is Cc1ccc(Cl)cc1-c1ccc(/C=C2/SC(=O)N(CCCc3ccccc3)C2=O)o1. The number of rotatable bonds is 6. The highest BCUT2D eigenvalue weighted by Crippen LogP contribution is 2.34. The third-order valence-corrected chi connectivity index (χ3v) is 6.07. The Balaban J connectivity index is 1.44. The Hall–Kier alpha value is -2.76. The van der Waals surface area contributed by atoms with E-state index in [2.05, 4.69) is 0 Å². The van der Waals surface area contributed by atoms with Crippen LogP contribution in [0.25, 0.3) is 17.4 Å². The van der Waals surface area contributed by atoms with Crippen molar-refractivity contribution >= 4 is 40.6 Å². The summed E-state index contributed by atoms with van der Waals surface area (Å²) in [5.74, 6) is 0.928. The maximum absolute atomic E-state index is 12.7. The number of thioether (sulfide) groups is 1. The predicted molar refractivity (Wildman–Crippen MR) is 121 cm³/mol. The molecule has 6 heteroatoms. The number of imide groups is 1. The minimum Gasteiger partial charge on any atom is -0.457 e. The Morgan fingerprint density at radius 1 is 1.07 bits per heavy atom. The molecule has 2 amide bonds. The number of nitrogens with zero attached hydrogens (tertiary/aromatic N) is 1. The molecule has 4 rings (SSSR count). The Labute approximate surface area is 184 Å². The van der Waals surface area contributed by atoms with Gasteiger partial charge in [-0.05, 0) is 66.9 Å². The van der Waals surface area contributed by atoms with Crippen LogP contribution in [0, 0.1) is 6.92 Å². The molecule has 0 bridgehead atoms. The predicted octanol–water partition coefficient (Wildman–Crippen LogP) is 6.58. The number of furan rings is 1. The first-order valence-corrected chi connectivity index (χ1v) is 10.9. The fourth-order valence-electron chi connectivity index (χ4n) is 3.34. The van der Waals surface area contributed by atoms with Gasteiger partial charge in [0.1, 0.15) is 11.5 Å². The van der Waals surface area contributed by atoms with Crippen LogP contribution in [-0.4, -0.2) is 22.6 Å². The van der Waals surface area contributed by atoms with Crippen LogP contribution in [0.5, 0.6) is 0 Å². The van der Waals surface area contributed by atoms with Gasteiger partial charge in [0.25, 0.3) is 11.1 Å². The molecular formula is C24H20ClNO3S. The molecule has 1 aliphatic rings. The third-order valence-electron chi connectivity index (χ3n) is 4.93. The lowest BCUT2D eigenvalue weighted by atomic mass is 10.1. The third kappa shape index (κ3) is 4.53. The zero-order valence-electron chi connectivity index (χ0n) is 16.4. The molecule has 3 aromatic rings. The van der Waals surface area contributed by atoms with Gasteiger partial charge in [-0.3, -0.25) is 14.5 Å². The summed E-state index contributed by atoms with van der Waals surface area (Å²) >= 11 is 7.05. The van der Waals surface area contributed by atoms with Crippen molar-refractivity contribution < 1.29 is 14.0 Å².